The predicted molar refractivity (Wildman–Crippen MR) is 63.7 cm³/mol. The fourth-order valence-electron chi connectivity index (χ4n) is 1.95. The third-order valence-corrected chi connectivity index (χ3v) is 4.86. The highest BCUT2D eigenvalue weighted by molar-refractivity contribution is 7.89. The molecule has 0 aromatic heterocycles. The van der Waals surface area contributed by atoms with Gasteiger partial charge in [-0.2, -0.15) is 4.31 Å². The second kappa shape index (κ2) is 4.93. The molecule has 7 heteroatoms. The Balaban J connectivity index is 2.35. The third kappa shape index (κ3) is 2.39. The van der Waals surface area contributed by atoms with Crippen LogP contribution in [-0.4, -0.2) is 37.0 Å². The van der Waals surface area contributed by atoms with Gasteiger partial charge >= 0.3 is 0 Å². The van der Waals surface area contributed by atoms with Crippen LogP contribution in [0.5, 0.6) is 0 Å². The normalized spacial score (nSPS) is 21.4. The van der Waals surface area contributed by atoms with Gasteiger partial charge in [0.1, 0.15) is 5.82 Å². The van der Waals surface area contributed by atoms with E-state index in [-0.39, 0.29) is 30.1 Å². The van der Waals surface area contributed by atoms with Gasteiger partial charge in [0, 0.05) is 25.2 Å². The van der Waals surface area contributed by atoms with Gasteiger partial charge in [0.2, 0.25) is 10.0 Å². The summed E-state index contributed by atoms with van der Waals surface area (Å²) in [4.78, 5) is 0.0125. The minimum Gasteiger partial charge on any atom is -0.392 e. The van der Waals surface area contributed by atoms with E-state index in [4.69, 9.17) is 5.73 Å². The molecule has 5 nitrogen and oxygen atoms in total. The summed E-state index contributed by atoms with van der Waals surface area (Å²) in [5, 5.41) is 9.37. The van der Waals surface area contributed by atoms with Crippen LogP contribution in [0.25, 0.3) is 0 Å². The van der Waals surface area contributed by atoms with Crippen LogP contribution in [0.3, 0.4) is 0 Å². The van der Waals surface area contributed by atoms with Crippen molar-refractivity contribution in [3.05, 3.63) is 29.6 Å². The topological polar surface area (TPSA) is 83.6 Å². The minimum absolute atomic E-state index is 0.0125. The Bertz CT molecular complexity index is 547. The van der Waals surface area contributed by atoms with Crippen LogP contribution in [0.4, 0.5) is 4.39 Å². The molecule has 1 saturated heterocycles. The van der Waals surface area contributed by atoms with Gasteiger partial charge in [0.05, 0.1) is 11.0 Å². The van der Waals surface area contributed by atoms with Crippen LogP contribution in [0.2, 0.25) is 0 Å². The summed E-state index contributed by atoms with van der Waals surface area (Å²) in [5.74, 6) is -0.516. The molecular weight excluding hydrogens is 259 g/mol. The standard InChI is InChI=1S/C11H15FN2O3S/c12-11-2-1-10(5-8(11)6-13)18(16,17)14-4-3-9(15)7-14/h1-2,5,9,15H,3-4,6-7,13H2. The van der Waals surface area contributed by atoms with Gasteiger partial charge in [-0.3, -0.25) is 0 Å². The highest BCUT2D eigenvalue weighted by atomic mass is 32.2. The van der Waals surface area contributed by atoms with Crippen LogP contribution in [0, 0.1) is 5.82 Å². The molecule has 1 heterocycles. The maximum absolute atomic E-state index is 13.3. The second-order valence-corrected chi connectivity index (χ2v) is 6.20. The first-order valence-electron chi connectivity index (χ1n) is 5.62. The molecule has 3 N–H and O–H groups in total. The van der Waals surface area contributed by atoms with Crippen LogP contribution in [0.1, 0.15) is 12.0 Å². The summed E-state index contributed by atoms with van der Waals surface area (Å²) in [6, 6.07) is 3.56. The minimum atomic E-state index is -3.67. The highest BCUT2D eigenvalue weighted by Gasteiger charge is 2.31. The lowest BCUT2D eigenvalue weighted by Crippen LogP contribution is -2.29. The SMILES string of the molecule is NCc1cc(S(=O)(=O)N2CCC(O)C2)ccc1F. The van der Waals surface area contributed by atoms with E-state index < -0.39 is 21.9 Å². The first kappa shape index (κ1) is 13.4. The summed E-state index contributed by atoms with van der Waals surface area (Å²) >= 11 is 0. The molecule has 1 aromatic carbocycles. The van der Waals surface area contributed by atoms with Crippen molar-refractivity contribution in [2.45, 2.75) is 24.0 Å². The van der Waals surface area contributed by atoms with E-state index in [2.05, 4.69) is 0 Å². The van der Waals surface area contributed by atoms with Crippen molar-refractivity contribution in [1.29, 1.82) is 0 Å². The largest absolute Gasteiger partial charge is 0.392 e. The van der Waals surface area contributed by atoms with Crippen molar-refractivity contribution < 1.29 is 17.9 Å². The van der Waals surface area contributed by atoms with Gasteiger partial charge in [0.15, 0.2) is 0 Å². The van der Waals surface area contributed by atoms with E-state index in [9.17, 15) is 17.9 Å². The second-order valence-electron chi connectivity index (χ2n) is 4.26. The van der Waals surface area contributed by atoms with E-state index in [1.165, 1.54) is 16.4 Å². The molecule has 0 bridgehead atoms. The maximum atomic E-state index is 13.3. The number of rotatable bonds is 3. The van der Waals surface area contributed by atoms with Crippen molar-refractivity contribution in [3.63, 3.8) is 0 Å². The molecule has 0 spiro atoms. The number of nitrogens with two attached hydrogens (primary N) is 1. The fraction of sp³-hybridized carbons (Fsp3) is 0.455. The van der Waals surface area contributed by atoms with E-state index in [1.54, 1.807) is 0 Å². The molecule has 1 aromatic rings. The quantitative estimate of drug-likeness (QED) is 0.815. The Hall–Kier alpha value is -1.02. The van der Waals surface area contributed by atoms with Crippen molar-refractivity contribution >= 4 is 10.0 Å². The monoisotopic (exact) mass is 274 g/mol. The molecule has 0 amide bonds. The first-order chi connectivity index (χ1) is 8.45. The number of hydrogen-bond donors (Lipinski definition) is 2. The molecular formula is C11H15FN2O3S. The Morgan fingerprint density at radius 3 is 2.78 bits per heavy atom. The molecule has 0 saturated carbocycles. The predicted octanol–water partition coefficient (Wildman–Crippen LogP) is 0.0397. The summed E-state index contributed by atoms with van der Waals surface area (Å²) in [5.41, 5.74) is 5.51. The number of sulfonamides is 1. The molecule has 1 unspecified atom stereocenters. The van der Waals surface area contributed by atoms with Gasteiger partial charge in [-0.15, -0.1) is 0 Å². The number of aliphatic hydroxyl groups is 1. The Labute approximate surface area is 105 Å². The zero-order valence-corrected chi connectivity index (χ0v) is 10.5. The Kier molecular flexibility index (Phi) is 3.67. The summed E-state index contributed by atoms with van der Waals surface area (Å²) in [6.07, 6.45) is -0.210. The smallest absolute Gasteiger partial charge is 0.243 e. The molecule has 100 valence electrons. The van der Waals surface area contributed by atoms with Crippen LogP contribution in [0.15, 0.2) is 23.1 Å². The summed E-state index contributed by atoms with van der Waals surface area (Å²) in [7, 11) is -3.67. The van der Waals surface area contributed by atoms with E-state index in [1.807, 2.05) is 0 Å². The third-order valence-electron chi connectivity index (χ3n) is 3.00. The molecule has 1 atom stereocenters. The van der Waals surface area contributed by atoms with Gasteiger partial charge in [-0.05, 0) is 24.6 Å². The van der Waals surface area contributed by atoms with E-state index in [0.29, 0.717) is 6.42 Å². The molecule has 2 rings (SSSR count). The maximum Gasteiger partial charge on any atom is 0.243 e. The number of aliphatic hydroxyl groups excluding tert-OH is 1. The van der Waals surface area contributed by atoms with Crippen molar-refractivity contribution in [3.8, 4) is 0 Å². The van der Waals surface area contributed by atoms with Gasteiger partial charge < -0.3 is 10.8 Å². The molecule has 18 heavy (non-hydrogen) atoms. The van der Waals surface area contributed by atoms with E-state index >= 15 is 0 Å². The molecule has 0 radical (unpaired) electrons. The molecule has 1 aliphatic rings. The van der Waals surface area contributed by atoms with Gasteiger partial charge in [-0.1, -0.05) is 0 Å². The van der Waals surface area contributed by atoms with Crippen LogP contribution >= 0.6 is 0 Å². The fourth-order valence-corrected chi connectivity index (χ4v) is 3.49. The lowest BCUT2D eigenvalue weighted by atomic mass is 10.2. The number of halogens is 1. The van der Waals surface area contributed by atoms with Crippen molar-refractivity contribution in [1.82, 2.24) is 4.31 Å². The molecule has 0 aliphatic carbocycles. The van der Waals surface area contributed by atoms with Gasteiger partial charge in [-0.25, -0.2) is 12.8 Å². The first-order valence-corrected chi connectivity index (χ1v) is 7.06. The van der Waals surface area contributed by atoms with Crippen LogP contribution in [-0.2, 0) is 16.6 Å². The average Bonchev–Trinajstić information content (AvgIpc) is 2.77. The van der Waals surface area contributed by atoms with Crippen LogP contribution < -0.4 is 5.73 Å². The number of benzene rings is 1. The summed E-state index contributed by atoms with van der Waals surface area (Å²) in [6.45, 7) is 0.300. The Morgan fingerprint density at radius 1 is 1.50 bits per heavy atom. The number of nitrogens with zero attached hydrogens (tertiary/aromatic N) is 1. The highest BCUT2D eigenvalue weighted by Crippen LogP contribution is 2.22. The average molecular weight is 274 g/mol. The van der Waals surface area contributed by atoms with E-state index in [0.717, 1.165) is 6.07 Å². The molecule has 1 fully saturated rings. The summed E-state index contributed by atoms with van der Waals surface area (Å²) < 4.78 is 38.9. The zero-order chi connectivity index (χ0) is 13.3. The van der Waals surface area contributed by atoms with Crippen molar-refractivity contribution in [2.24, 2.45) is 5.73 Å². The number of β-amino-alcohol motifs (C(OH)–C–C–N with tert-alkyl or cyclic N) is 1. The number of hydrogen-bond acceptors (Lipinski definition) is 4. The van der Waals surface area contributed by atoms with Gasteiger partial charge in [0.25, 0.3) is 0 Å². The Morgan fingerprint density at radius 2 is 2.22 bits per heavy atom. The molecule has 1 aliphatic heterocycles. The lowest BCUT2D eigenvalue weighted by molar-refractivity contribution is 0.189. The van der Waals surface area contributed by atoms with Crippen molar-refractivity contribution in [2.75, 3.05) is 13.1 Å². The zero-order valence-electron chi connectivity index (χ0n) is 9.71. The lowest BCUT2D eigenvalue weighted by Gasteiger charge is -2.16.